The summed E-state index contributed by atoms with van der Waals surface area (Å²) in [4.78, 5) is 18.8. The number of benzene rings is 1. The molecule has 1 aromatic carbocycles. The van der Waals surface area contributed by atoms with Crippen molar-refractivity contribution in [1.29, 1.82) is 0 Å². The highest BCUT2D eigenvalue weighted by atomic mass is 32.1. The number of nitrogens with one attached hydrogen (secondary N) is 2. The predicted octanol–water partition coefficient (Wildman–Crippen LogP) is 3.03. The number of rotatable bonds is 5. The number of amides is 1. The van der Waals surface area contributed by atoms with Gasteiger partial charge in [-0.3, -0.25) is 10.1 Å². The molecule has 142 valence electrons. The van der Waals surface area contributed by atoms with Crippen LogP contribution < -0.4 is 15.0 Å². The molecule has 0 atom stereocenters. The lowest BCUT2D eigenvalue weighted by Crippen LogP contribution is -3.11. The van der Waals surface area contributed by atoms with Gasteiger partial charge in [0.15, 0.2) is 10.9 Å². The summed E-state index contributed by atoms with van der Waals surface area (Å²) in [5.41, 5.74) is 2.51. The van der Waals surface area contributed by atoms with E-state index in [1.807, 2.05) is 30.5 Å². The second kappa shape index (κ2) is 7.70. The van der Waals surface area contributed by atoms with Crippen LogP contribution in [0, 0.1) is 6.92 Å². The van der Waals surface area contributed by atoms with E-state index in [9.17, 15) is 4.79 Å². The Hall–Kier alpha value is -2.38. The maximum Gasteiger partial charge on any atom is 0.293 e. The molecule has 1 amide bonds. The highest BCUT2D eigenvalue weighted by molar-refractivity contribution is 7.13. The summed E-state index contributed by atoms with van der Waals surface area (Å²) in [6.07, 6.45) is 3.92. The number of carbonyl (C=O) groups excluding carboxylic acids is 1. The Morgan fingerprint density at radius 3 is 2.93 bits per heavy atom. The molecule has 1 aliphatic rings. The summed E-state index contributed by atoms with van der Waals surface area (Å²) < 4.78 is 11.0. The Bertz CT molecular complexity index is 957. The Morgan fingerprint density at radius 2 is 2.15 bits per heavy atom. The summed E-state index contributed by atoms with van der Waals surface area (Å²) in [7, 11) is 1.62. The van der Waals surface area contributed by atoms with Crippen LogP contribution in [0.15, 0.2) is 28.0 Å². The lowest BCUT2D eigenvalue weighted by Gasteiger charge is -2.22. The van der Waals surface area contributed by atoms with Crippen LogP contribution in [0.25, 0.3) is 11.0 Å². The number of hydrogen-bond acceptors (Lipinski definition) is 5. The molecule has 0 spiro atoms. The molecular formula is C20H24N3O3S+. The van der Waals surface area contributed by atoms with Crippen molar-refractivity contribution < 1.29 is 18.8 Å². The number of aryl methyl sites for hydroxylation is 1. The molecule has 0 aliphatic carbocycles. The third-order valence-corrected chi connectivity index (χ3v) is 5.92. The van der Waals surface area contributed by atoms with Crippen molar-refractivity contribution in [3.05, 3.63) is 40.6 Å². The number of aromatic nitrogens is 1. The second-order valence-electron chi connectivity index (χ2n) is 7.00. The summed E-state index contributed by atoms with van der Waals surface area (Å²) in [5.74, 6) is 0.786. The van der Waals surface area contributed by atoms with Crippen molar-refractivity contribution in [2.45, 2.75) is 32.7 Å². The van der Waals surface area contributed by atoms with Gasteiger partial charge >= 0.3 is 0 Å². The molecule has 1 saturated heterocycles. The molecule has 0 saturated carbocycles. The molecule has 2 N–H and O–H groups in total. The van der Waals surface area contributed by atoms with Gasteiger partial charge in [0, 0.05) is 16.3 Å². The standard InChI is InChI=1S/C20H23N3O3S/c1-13-16-10-15(25-2)6-7-17(16)26-18(13)19(24)22-20-21-14(12-27-20)11-23-8-4-3-5-9-23/h6-7,10,12H,3-5,8-9,11H2,1-2H3,(H,21,22,24)/p+1. The Kier molecular flexibility index (Phi) is 5.13. The number of anilines is 1. The van der Waals surface area contributed by atoms with Gasteiger partial charge in [-0.1, -0.05) is 0 Å². The number of ether oxygens (including phenoxy) is 1. The third kappa shape index (κ3) is 3.84. The number of piperidine rings is 1. The van der Waals surface area contributed by atoms with E-state index < -0.39 is 0 Å². The van der Waals surface area contributed by atoms with Crippen molar-refractivity contribution in [3.63, 3.8) is 0 Å². The van der Waals surface area contributed by atoms with Gasteiger partial charge in [-0.15, -0.1) is 11.3 Å². The van der Waals surface area contributed by atoms with Crippen molar-refractivity contribution >= 4 is 33.3 Å². The molecule has 1 aliphatic heterocycles. The minimum Gasteiger partial charge on any atom is -0.497 e. The van der Waals surface area contributed by atoms with Gasteiger partial charge in [0.25, 0.3) is 5.91 Å². The Morgan fingerprint density at radius 1 is 1.33 bits per heavy atom. The summed E-state index contributed by atoms with van der Waals surface area (Å²) in [5, 5.41) is 6.41. The van der Waals surface area contributed by atoms with Crippen LogP contribution in [-0.2, 0) is 6.54 Å². The second-order valence-corrected chi connectivity index (χ2v) is 7.86. The topological polar surface area (TPSA) is 68.8 Å². The normalized spacial score (nSPS) is 15.2. The van der Waals surface area contributed by atoms with Gasteiger partial charge in [0.1, 0.15) is 23.6 Å². The number of likely N-dealkylation sites (tertiary alicyclic amines) is 1. The number of carbonyl (C=O) groups is 1. The molecule has 3 heterocycles. The number of methoxy groups -OCH3 is 1. The fraction of sp³-hybridized carbons (Fsp3) is 0.400. The maximum atomic E-state index is 12.7. The Balaban J connectivity index is 1.47. The van der Waals surface area contributed by atoms with E-state index in [4.69, 9.17) is 9.15 Å². The summed E-state index contributed by atoms with van der Waals surface area (Å²) in [6.45, 7) is 5.23. The van der Waals surface area contributed by atoms with Crippen LogP contribution in [0.3, 0.4) is 0 Å². The largest absolute Gasteiger partial charge is 0.497 e. The highest BCUT2D eigenvalue weighted by Gasteiger charge is 2.20. The maximum absolute atomic E-state index is 12.7. The fourth-order valence-corrected chi connectivity index (χ4v) is 4.33. The SMILES string of the molecule is COc1ccc2oc(C(=O)Nc3nc(C[NH+]4CCCCC4)cs3)c(C)c2c1. The minimum absolute atomic E-state index is 0.270. The van der Waals surface area contributed by atoms with Crippen molar-refractivity contribution in [3.8, 4) is 5.75 Å². The van der Waals surface area contributed by atoms with Crippen LogP contribution in [-0.4, -0.2) is 31.1 Å². The van der Waals surface area contributed by atoms with Gasteiger partial charge < -0.3 is 14.1 Å². The number of nitrogens with zero attached hydrogens (tertiary/aromatic N) is 1. The predicted molar refractivity (Wildman–Crippen MR) is 106 cm³/mol. The van der Waals surface area contributed by atoms with E-state index in [1.165, 1.54) is 43.7 Å². The van der Waals surface area contributed by atoms with Crippen molar-refractivity contribution in [2.24, 2.45) is 0 Å². The van der Waals surface area contributed by atoms with Crippen LogP contribution in [0.5, 0.6) is 5.75 Å². The smallest absolute Gasteiger partial charge is 0.293 e. The first-order valence-electron chi connectivity index (χ1n) is 9.30. The van der Waals surface area contributed by atoms with Crippen LogP contribution in [0.4, 0.5) is 5.13 Å². The molecule has 0 unspecified atom stereocenters. The first-order valence-corrected chi connectivity index (χ1v) is 10.2. The number of quaternary nitrogens is 1. The van der Waals surface area contributed by atoms with E-state index in [0.29, 0.717) is 16.5 Å². The third-order valence-electron chi connectivity index (χ3n) is 5.11. The van der Waals surface area contributed by atoms with Crippen molar-refractivity contribution in [2.75, 3.05) is 25.5 Å². The zero-order valence-electron chi connectivity index (χ0n) is 15.6. The molecule has 0 radical (unpaired) electrons. The quantitative estimate of drug-likeness (QED) is 0.707. The number of furan rings is 1. The van der Waals surface area contributed by atoms with E-state index in [-0.39, 0.29) is 5.91 Å². The molecular weight excluding hydrogens is 362 g/mol. The highest BCUT2D eigenvalue weighted by Crippen LogP contribution is 2.29. The Labute approximate surface area is 162 Å². The first kappa shape index (κ1) is 18.0. The van der Waals surface area contributed by atoms with E-state index in [2.05, 4.69) is 10.3 Å². The summed E-state index contributed by atoms with van der Waals surface area (Å²) >= 11 is 1.46. The average molecular weight is 386 g/mol. The average Bonchev–Trinajstić information content (AvgIpc) is 3.26. The lowest BCUT2D eigenvalue weighted by molar-refractivity contribution is -0.918. The number of thiazole rings is 1. The molecule has 1 fully saturated rings. The van der Waals surface area contributed by atoms with Gasteiger partial charge in [-0.05, 0) is 44.4 Å². The number of hydrogen-bond donors (Lipinski definition) is 2. The van der Waals surface area contributed by atoms with Crippen LogP contribution in [0.2, 0.25) is 0 Å². The molecule has 3 aromatic rings. The number of fused-ring (bicyclic) bond motifs is 1. The molecule has 4 rings (SSSR count). The van der Waals surface area contributed by atoms with E-state index in [0.717, 1.165) is 28.9 Å². The molecule has 0 bridgehead atoms. The zero-order valence-corrected chi connectivity index (χ0v) is 16.4. The fourth-order valence-electron chi connectivity index (χ4n) is 3.63. The van der Waals surface area contributed by atoms with Crippen LogP contribution in [0.1, 0.15) is 41.1 Å². The molecule has 6 nitrogen and oxygen atoms in total. The minimum atomic E-state index is -0.270. The zero-order chi connectivity index (χ0) is 18.8. The van der Waals surface area contributed by atoms with Gasteiger partial charge in [-0.25, -0.2) is 4.98 Å². The molecule has 7 heteroatoms. The van der Waals surface area contributed by atoms with Gasteiger partial charge in [0.05, 0.1) is 20.2 Å². The van der Waals surface area contributed by atoms with Crippen molar-refractivity contribution in [1.82, 2.24) is 4.98 Å². The van der Waals surface area contributed by atoms with Gasteiger partial charge in [0.2, 0.25) is 0 Å². The first-order chi connectivity index (χ1) is 13.1. The molecule has 2 aromatic heterocycles. The van der Waals surface area contributed by atoms with Crippen LogP contribution >= 0.6 is 11.3 Å². The van der Waals surface area contributed by atoms with E-state index >= 15 is 0 Å². The lowest BCUT2D eigenvalue weighted by atomic mass is 10.1. The van der Waals surface area contributed by atoms with Gasteiger partial charge in [-0.2, -0.15) is 0 Å². The summed E-state index contributed by atoms with van der Waals surface area (Å²) in [6, 6.07) is 5.53. The monoisotopic (exact) mass is 386 g/mol. The molecule has 27 heavy (non-hydrogen) atoms. The van der Waals surface area contributed by atoms with E-state index in [1.54, 1.807) is 12.0 Å².